The Labute approximate surface area is 182 Å². The van der Waals surface area contributed by atoms with Gasteiger partial charge in [0.25, 0.3) is 11.7 Å². The normalized spacial score (nSPS) is 22.9. The highest BCUT2D eigenvalue weighted by Gasteiger charge is 2.47. The predicted molar refractivity (Wildman–Crippen MR) is 117 cm³/mol. The van der Waals surface area contributed by atoms with Gasteiger partial charge in [-0.3, -0.25) is 9.59 Å². The first-order chi connectivity index (χ1) is 14.9. The van der Waals surface area contributed by atoms with Gasteiger partial charge < -0.3 is 19.5 Å². The monoisotopic (exact) mass is 421 g/mol. The standard InChI is InChI=1S/C25H27NO5/c1-15-7-4-5-9-19(15)22-21(23(27)20-11-10-17(30-3)13-16(20)2)24(28)25(29)26(22)14-18-8-6-12-31-18/h4-5,7,9-11,13,18,22,27H,6,8,12,14H2,1-3H3/b23-21+. The van der Waals surface area contributed by atoms with E-state index >= 15 is 0 Å². The number of aliphatic hydroxyl groups is 1. The maximum Gasteiger partial charge on any atom is 0.295 e. The molecule has 2 atom stereocenters. The molecule has 6 nitrogen and oxygen atoms in total. The number of ether oxygens (including phenoxy) is 2. The molecule has 31 heavy (non-hydrogen) atoms. The molecule has 162 valence electrons. The molecule has 2 aliphatic rings. The van der Waals surface area contributed by atoms with Crippen molar-refractivity contribution in [2.75, 3.05) is 20.3 Å². The van der Waals surface area contributed by atoms with Crippen LogP contribution in [0, 0.1) is 13.8 Å². The van der Waals surface area contributed by atoms with Crippen LogP contribution in [0.3, 0.4) is 0 Å². The lowest BCUT2D eigenvalue weighted by atomic mass is 9.91. The molecule has 0 aromatic heterocycles. The number of aliphatic hydroxyl groups excluding tert-OH is 1. The number of carbonyl (C=O) groups is 2. The number of Topliss-reactive ketones (excluding diaryl/α,β-unsaturated/α-hetero) is 1. The van der Waals surface area contributed by atoms with Crippen LogP contribution >= 0.6 is 0 Å². The highest BCUT2D eigenvalue weighted by molar-refractivity contribution is 6.46. The lowest BCUT2D eigenvalue weighted by Gasteiger charge is -2.28. The average Bonchev–Trinajstić information content (AvgIpc) is 3.36. The number of hydrogen-bond donors (Lipinski definition) is 1. The Morgan fingerprint density at radius 2 is 1.94 bits per heavy atom. The van der Waals surface area contributed by atoms with E-state index in [2.05, 4.69) is 0 Å². The third-order valence-corrected chi connectivity index (χ3v) is 6.14. The summed E-state index contributed by atoms with van der Waals surface area (Å²) in [5.74, 6) is -0.777. The summed E-state index contributed by atoms with van der Waals surface area (Å²) >= 11 is 0. The van der Waals surface area contributed by atoms with Gasteiger partial charge in [-0.05, 0) is 61.6 Å². The number of methoxy groups -OCH3 is 1. The fourth-order valence-corrected chi connectivity index (χ4v) is 4.47. The third kappa shape index (κ3) is 3.83. The zero-order valence-electron chi connectivity index (χ0n) is 18.1. The Morgan fingerprint density at radius 3 is 2.58 bits per heavy atom. The smallest absolute Gasteiger partial charge is 0.295 e. The molecule has 2 unspecified atom stereocenters. The van der Waals surface area contributed by atoms with E-state index in [1.807, 2.05) is 38.1 Å². The van der Waals surface area contributed by atoms with Crippen molar-refractivity contribution in [2.45, 2.75) is 38.8 Å². The van der Waals surface area contributed by atoms with Crippen LogP contribution in [0.2, 0.25) is 0 Å². The third-order valence-electron chi connectivity index (χ3n) is 6.14. The largest absolute Gasteiger partial charge is 0.507 e. The number of benzene rings is 2. The Hall–Kier alpha value is -3.12. The number of ketones is 1. The number of nitrogens with zero attached hydrogens (tertiary/aromatic N) is 1. The molecule has 0 spiro atoms. The maximum absolute atomic E-state index is 13.2. The molecule has 4 rings (SSSR count). The summed E-state index contributed by atoms with van der Waals surface area (Å²) in [6.07, 6.45) is 1.68. The molecule has 6 heteroatoms. The lowest BCUT2D eigenvalue weighted by Crippen LogP contribution is -2.36. The van der Waals surface area contributed by atoms with Gasteiger partial charge in [0.05, 0.1) is 24.8 Å². The van der Waals surface area contributed by atoms with Gasteiger partial charge >= 0.3 is 0 Å². The van der Waals surface area contributed by atoms with E-state index in [1.165, 1.54) is 0 Å². The Morgan fingerprint density at radius 1 is 1.16 bits per heavy atom. The summed E-state index contributed by atoms with van der Waals surface area (Å²) in [7, 11) is 1.57. The topological polar surface area (TPSA) is 76.1 Å². The molecule has 1 amide bonds. The van der Waals surface area contributed by atoms with Crippen molar-refractivity contribution in [3.05, 3.63) is 70.3 Å². The molecule has 2 aromatic carbocycles. The van der Waals surface area contributed by atoms with E-state index in [1.54, 1.807) is 30.2 Å². The van der Waals surface area contributed by atoms with Crippen LogP contribution in [-0.2, 0) is 14.3 Å². The number of likely N-dealkylation sites (tertiary alicyclic amines) is 1. The van der Waals surface area contributed by atoms with E-state index in [9.17, 15) is 14.7 Å². The van der Waals surface area contributed by atoms with E-state index in [4.69, 9.17) is 9.47 Å². The molecule has 2 heterocycles. The van der Waals surface area contributed by atoms with Gasteiger partial charge in [-0.15, -0.1) is 0 Å². The molecule has 2 aliphatic heterocycles. The zero-order valence-corrected chi connectivity index (χ0v) is 18.1. The first kappa shape index (κ1) is 21.1. The molecular weight excluding hydrogens is 394 g/mol. The summed E-state index contributed by atoms with van der Waals surface area (Å²) in [4.78, 5) is 27.8. The van der Waals surface area contributed by atoms with Crippen molar-refractivity contribution < 1.29 is 24.2 Å². The van der Waals surface area contributed by atoms with Crippen molar-refractivity contribution in [2.24, 2.45) is 0 Å². The zero-order chi connectivity index (χ0) is 22.1. The van der Waals surface area contributed by atoms with Gasteiger partial charge in [0.2, 0.25) is 0 Å². The van der Waals surface area contributed by atoms with Gasteiger partial charge in [-0.2, -0.15) is 0 Å². The Kier molecular flexibility index (Phi) is 5.83. The highest BCUT2D eigenvalue weighted by Crippen LogP contribution is 2.41. The fraction of sp³-hybridized carbons (Fsp3) is 0.360. The fourth-order valence-electron chi connectivity index (χ4n) is 4.47. The summed E-state index contributed by atoms with van der Waals surface area (Å²) in [5.41, 5.74) is 3.15. The maximum atomic E-state index is 13.2. The number of aryl methyl sites for hydroxylation is 2. The molecule has 1 N–H and O–H groups in total. The molecule has 2 aromatic rings. The SMILES string of the molecule is COc1ccc(/C(O)=C2\C(=O)C(=O)N(CC3CCCO3)C2c2ccccc2C)c(C)c1. The van der Waals surface area contributed by atoms with E-state index in [0.717, 1.165) is 29.5 Å². The van der Waals surface area contributed by atoms with Crippen molar-refractivity contribution in [1.29, 1.82) is 0 Å². The number of hydrogen-bond acceptors (Lipinski definition) is 5. The van der Waals surface area contributed by atoms with E-state index in [0.29, 0.717) is 24.5 Å². The molecule has 0 aliphatic carbocycles. The summed E-state index contributed by atoms with van der Waals surface area (Å²) in [6.45, 7) is 4.76. The quantitative estimate of drug-likeness (QED) is 0.450. The van der Waals surface area contributed by atoms with Gasteiger partial charge in [0.15, 0.2) is 0 Å². The average molecular weight is 421 g/mol. The second-order valence-corrected chi connectivity index (χ2v) is 8.12. The van der Waals surface area contributed by atoms with Crippen molar-refractivity contribution in [3.8, 4) is 5.75 Å². The van der Waals surface area contributed by atoms with Crippen LogP contribution < -0.4 is 4.74 Å². The highest BCUT2D eigenvalue weighted by atomic mass is 16.5. The summed E-state index contributed by atoms with van der Waals surface area (Å²) < 4.78 is 11.0. The van der Waals surface area contributed by atoms with Crippen LogP contribution in [0.1, 0.15) is 41.1 Å². The number of carbonyl (C=O) groups excluding carboxylic acids is 2. The summed E-state index contributed by atoms with van der Waals surface area (Å²) in [5, 5.41) is 11.3. The molecule has 0 saturated carbocycles. The van der Waals surface area contributed by atoms with Crippen LogP contribution in [0.15, 0.2) is 48.0 Å². The van der Waals surface area contributed by atoms with Gasteiger partial charge in [0.1, 0.15) is 11.5 Å². The molecule has 2 saturated heterocycles. The molecular formula is C25H27NO5. The van der Waals surface area contributed by atoms with E-state index < -0.39 is 17.7 Å². The number of amides is 1. The van der Waals surface area contributed by atoms with Crippen LogP contribution in [-0.4, -0.2) is 48.1 Å². The van der Waals surface area contributed by atoms with Crippen LogP contribution in [0.5, 0.6) is 5.75 Å². The van der Waals surface area contributed by atoms with Crippen LogP contribution in [0.4, 0.5) is 0 Å². The number of rotatable bonds is 5. The molecule has 0 bridgehead atoms. The second-order valence-electron chi connectivity index (χ2n) is 8.12. The van der Waals surface area contributed by atoms with Gasteiger partial charge in [0, 0.05) is 18.7 Å². The van der Waals surface area contributed by atoms with Gasteiger partial charge in [-0.1, -0.05) is 24.3 Å². The minimum absolute atomic E-state index is 0.104. The summed E-state index contributed by atoms with van der Waals surface area (Å²) in [6, 6.07) is 12.2. The molecule has 2 fully saturated rings. The van der Waals surface area contributed by atoms with Crippen molar-refractivity contribution in [1.82, 2.24) is 4.90 Å². The van der Waals surface area contributed by atoms with Gasteiger partial charge in [-0.25, -0.2) is 0 Å². The minimum atomic E-state index is -0.668. The van der Waals surface area contributed by atoms with Crippen LogP contribution in [0.25, 0.3) is 5.76 Å². The lowest BCUT2D eigenvalue weighted by molar-refractivity contribution is -0.140. The first-order valence-corrected chi connectivity index (χ1v) is 10.5. The van der Waals surface area contributed by atoms with E-state index in [-0.39, 0.29) is 17.4 Å². The van der Waals surface area contributed by atoms with Crippen molar-refractivity contribution in [3.63, 3.8) is 0 Å². The molecule has 0 radical (unpaired) electrons. The second kappa shape index (κ2) is 8.55. The van der Waals surface area contributed by atoms with Crippen molar-refractivity contribution >= 4 is 17.4 Å². The minimum Gasteiger partial charge on any atom is -0.507 e. The Balaban J connectivity index is 1.86. The Bertz CT molecular complexity index is 1050. The predicted octanol–water partition coefficient (Wildman–Crippen LogP) is 3.91. The first-order valence-electron chi connectivity index (χ1n) is 10.5.